The van der Waals surface area contributed by atoms with Gasteiger partial charge < -0.3 is 14.3 Å². The number of rotatable bonds is 6. The van der Waals surface area contributed by atoms with Crippen molar-refractivity contribution in [2.45, 2.75) is 26.4 Å². The molecule has 124 valence electrons. The molecule has 0 saturated heterocycles. The average molecular weight is 345 g/mol. The van der Waals surface area contributed by atoms with E-state index >= 15 is 0 Å². The minimum Gasteiger partial charge on any atom is -0.419 e. The second kappa shape index (κ2) is 7.31. The summed E-state index contributed by atoms with van der Waals surface area (Å²) < 4.78 is 7.33. The molecule has 2 heterocycles. The molecule has 3 aromatic rings. The van der Waals surface area contributed by atoms with E-state index in [1.54, 1.807) is 16.7 Å². The first-order chi connectivity index (χ1) is 11.7. The topological polar surface area (TPSA) is 73.0 Å². The fourth-order valence-corrected chi connectivity index (χ4v) is 2.39. The van der Waals surface area contributed by atoms with Gasteiger partial charge in [0.1, 0.15) is 12.2 Å². The molecule has 7 heteroatoms. The van der Waals surface area contributed by atoms with Crippen molar-refractivity contribution in [2.24, 2.45) is 0 Å². The van der Waals surface area contributed by atoms with Gasteiger partial charge in [0.2, 0.25) is 11.8 Å². The van der Waals surface area contributed by atoms with Crippen molar-refractivity contribution >= 4 is 17.5 Å². The number of halogens is 1. The Balaban J connectivity index is 1.62. The van der Waals surface area contributed by atoms with Crippen LogP contribution in [0.15, 0.2) is 47.0 Å². The number of nitrogens with one attached hydrogen (secondary N) is 1. The van der Waals surface area contributed by atoms with E-state index < -0.39 is 0 Å². The molecule has 0 unspecified atom stereocenters. The lowest BCUT2D eigenvalue weighted by atomic mass is 10.2. The van der Waals surface area contributed by atoms with Gasteiger partial charge >= 0.3 is 0 Å². The third-order valence-corrected chi connectivity index (χ3v) is 3.79. The molecule has 1 N–H and O–H groups in total. The number of aryl methyl sites for hydroxylation is 1. The van der Waals surface area contributed by atoms with Crippen molar-refractivity contribution < 1.29 is 9.21 Å². The zero-order chi connectivity index (χ0) is 16.9. The molecule has 0 radical (unpaired) electrons. The molecule has 0 spiro atoms. The van der Waals surface area contributed by atoms with Crippen molar-refractivity contribution in [1.82, 2.24) is 20.1 Å². The predicted molar refractivity (Wildman–Crippen MR) is 90.4 cm³/mol. The van der Waals surface area contributed by atoms with E-state index in [0.29, 0.717) is 29.8 Å². The third kappa shape index (κ3) is 3.83. The highest BCUT2D eigenvalue weighted by atomic mass is 35.5. The molecule has 2 aromatic heterocycles. The Hall–Kier alpha value is -2.60. The Morgan fingerprint density at radius 2 is 2.04 bits per heavy atom. The highest BCUT2D eigenvalue weighted by Crippen LogP contribution is 2.18. The number of amides is 1. The Labute approximate surface area is 144 Å². The molecule has 0 bridgehead atoms. The summed E-state index contributed by atoms with van der Waals surface area (Å²) in [5.41, 5.74) is 1.72. The van der Waals surface area contributed by atoms with Gasteiger partial charge in [-0.3, -0.25) is 4.79 Å². The quantitative estimate of drug-likeness (QED) is 0.745. The normalized spacial score (nSPS) is 10.8. The van der Waals surface area contributed by atoms with Crippen molar-refractivity contribution in [2.75, 3.05) is 0 Å². The molecule has 0 fully saturated rings. The first-order valence-electron chi connectivity index (χ1n) is 7.64. The molecule has 0 saturated carbocycles. The minimum atomic E-state index is -0.0994. The minimum absolute atomic E-state index is 0.0994. The molecule has 3 rings (SSSR count). The molecule has 1 aromatic carbocycles. The average Bonchev–Trinajstić information content (AvgIpc) is 3.23. The van der Waals surface area contributed by atoms with Gasteiger partial charge in [0, 0.05) is 24.2 Å². The summed E-state index contributed by atoms with van der Waals surface area (Å²) in [5, 5.41) is 11.5. The van der Waals surface area contributed by atoms with Crippen LogP contribution in [0.25, 0.3) is 11.6 Å². The molecular weight excluding hydrogens is 328 g/mol. The standard InChI is InChI=1S/C17H17ClN4O2/c1-2-16-20-21-17(24-16)14-4-3-9-22(14)11-15(23)19-10-12-5-7-13(18)8-6-12/h3-9H,2,10-11H2,1H3,(H,19,23). The van der Waals surface area contributed by atoms with Crippen LogP contribution in [0.4, 0.5) is 0 Å². The number of nitrogens with zero attached hydrogens (tertiary/aromatic N) is 3. The first-order valence-corrected chi connectivity index (χ1v) is 8.02. The summed E-state index contributed by atoms with van der Waals surface area (Å²) in [6.45, 7) is 2.58. The zero-order valence-corrected chi connectivity index (χ0v) is 14.0. The van der Waals surface area contributed by atoms with Gasteiger partial charge in [-0.1, -0.05) is 30.7 Å². The molecule has 0 aliphatic rings. The van der Waals surface area contributed by atoms with Gasteiger partial charge in [0.25, 0.3) is 5.89 Å². The summed E-state index contributed by atoms with van der Waals surface area (Å²) >= 11 is 5.85. The number of aromatic nitrogens is 3. The number of benzene rings is 1. The van der Waals surface area contributed by atoms with Crippen molar-refractivity contribution in [3.8, 4) is 11.6 Å². The van der Waals surface area contributed by atoms with E-state index in [2.05, 4.69) is 15.5 Å². The van der Waals surface area contributed by atoms with Crippen molar-refractivity contribution in [3.05, 3.63) is 59.1 Å². The van der Waals surface area contributed by atoms with Crippen LogP contribution in [0, 0.1) is 0 Å². The number of carbonyl (C=O) groups excluding carboxylic acids is 1. The van der Waals surface area contributed by atoms with Crippen molar-refractivity contribution in [1.29, 1.82) is 0 Å². The Kier molecular flexibility index (Phi) is 4.96. The Morgan fingerprint density at radius 1 is 1.25 bits per heavy atom. The molecule has 6 nitrogen and oxygen atoms in total. The summed E-state index contributed by atoms with van der Waals surface area (Å²) in [6, 6.07) is 11.1. The summed E-state index contributed by atoms with van der Waals surface area (Å²) in [6.07, 6.45) is 2.49. The van der Waals surface area contributed by atoms with E-state index in [1.165, 1.54) is 0 Å². The van der Waals surface area contributed by atoms with Gasteiger partial charge in [0.05, 0.1) is 0 Å². The highest BCUT2D eigenvalue weighted by Gasteiger charge is 2.13. The molecule has 0 aliphatic heterocycles. The maximum absolute atomic E-state index is 12.2. The van der Waals surface area contributed by atoms with Crippen LogP contribution in [0.5, 0.6) is 0 Å². The maximum atomic E-state index is 12.2. The van der Waals surface area contributed by atoms with Gasteiger partial charge in [-0.05, 0) is 29.8 Å². The summed E-state index contributed by atoms with van der Waals surface area (Å²) in [5.74, 6) is 0.893. The molecule has 1 amide bonds. The molecular formula is C17H17ClN4O2. The second-order valence-corrected chi connectivity index (χ2v) is 5.72. The van der Waals surface area contributed by atoms with E-state index in [4.69, 9.17) is 16.0 Å². The van der Waals surface area contributed by atoms with E-state index in [9.17, 15) is 4.79 Å². The van der Waals surface area contributed by atoms with Crippen LogP contribution in [0.1, 0.15) is 18.4 Å². The fraction of sp³-hybridized carbons (Fsp3) is 0.235. The predicted octanol–water partition coefficient (Wildman–Crippen LogP) is 3.07. The van der Waals surface area contributed by atoms with Crippen LogP contribution in [-0.2, 0) is 24.3 Å². The summed E-state index contributed by atoms with van der Waals surface area (Å²) in [7, 11) is 0. The van der Waals surface area contributed by atoms with Gasteiger partial charge in [0.15, 0.2) is 0 Å². The lowest BCUT2D eigenvalue weighted by Gasteiger charge is -2.08. The Morgan fingerprint density at radius 3 is 2.75 bits per heavy atom. The number of carbonyl (C=O) groups is 1. The van der Waals surface area contributed by atoms with Crippen LogP contribution in [0.2, 0.25) is 5.02 Å². The van der Waals surface area contributed by atoms with Gasteiger partial charge in [-0.2, -0.15) is 0 Å². The van der Waals surface area contributed by atoms with E-state index in [-0.39, 0.29) is 12.5 Å². The van der Waals surface area contributed by atoms with Crippen LogP contribution in [-0.4, -0.2) is 20.7 Å². The van der Waals surface area contributed by atoms with Crippen LogP contribution < -0.4 is 5.32 Å². The monoisotopic (exact) mass is 344 g/mol. The second-order valence-electron chi connectivity index (χ2n) is 5.28. The zero-order valence-electron chi connectivity index (χ0n) is 13.2. The Bertz CT molecular complexity index is 823. The van der Waals surface area contributed by atoms with E-state index in [1.807, 2.05) is 37.4 Å². The van der Waals surface area contributed by atoms with Gasteiger partial charge in [-0.25, -0.2) is 0 Å². The van der Waals surface area contributed by atoms with Crippen LogP contribution in [0.3, 0.4) is 0 Å². The molecule has 24 heavy (non-hydrogen) atoms. The lowest BCUT2D eigenvalue weighted by Crippen LogP contribution is -2.27. The first kappa shape index (κ1) is 16.3. The third-order valence-electron chi connectivity index (χ3n) is 3.53. The molecule has 0 atom stereocenters. The lowest BCUT2D eigenvalue weighted by molar-refractivity contribution is -0.121. The van der Waals surface area contributed by atoms with E-state index in [0.717, 1.165) is 11.3 Å². The SMILES string of the molecule is CCc1nnc(-c2cccn2CC(=O)NCc2ccc(Cl)cc2)o1. The number of hydrogen-bond donors (Lipinski definition) is 1. The highest BCUT2D eigenvalue weighted by molar-refractivity contribution is 6.30. The summed E-state index contributed by atoms with van der Waals surface area (Å²) in [4.78, 5) is 12.2. The fourth-order valence-electron chi connectivity index (χ4n) is 2.26. The van der Waals surface area contributed by atoms with Crippen LogP contribution >= 0.6 is 11.6 Å². The smallest absolute Gasteiger partial charge is 0.264 e. The molecule has 0 aliphatic carbocycles. The van der Waals surface area contributed by atoms with Crippen molar-refractivity contribution in [3.63, 3.8) is 0 Å². The number of hydrogen-bond acceptors (Lipinski definition) is 4. The largest absolute Gasteiger partial charge is 0.419 e. The van der Waals surface area contributed by atoms with Gasteiger partial charge in [-0.15, -0.1) is 10.2 Å². The maximum Gasteiger partial charge on any atom is 0.264 e.